The molecule has 0 spiro atoms. The number of rotatable bonds is 3. The average molecular weight is 367 g/mol. The Kier molecular flexibility index (Phi) is 3.94. The first-order valence-electron chi connectivity index (χ1n) is 7.56. The van der Waals surface area contributed by atoms with Crippen LogP contribution in [0.4, 0.5) is 5.95 Å². The molecule has 8 nitrogen and oxygen atoms in total. The van der Waals surface area contributed by atoms with Crippen molar-refractivity contribution in [3.8, 4) is 11.6 Å². The molecule has 26 heavy (non-hydrogen) atoms. The fourth-order valence-corrected chi connectivity index (χ4v) is 2.90. The molecule has 4 rings (SSSR count). The number of hydrogen-bond donors (Lipinski definition) is 2. The number of aromatic hydroxyl groups is 1. The first-order valence-corrected chi connectivity index (χ1v) is 7.94. The summed E-state index contributed by atoms with van der Waals surface area (Å²) in [5.74, 6) is -0.182. The van der Waals surface area contributed by atoms with Gasteiger partial charge in [-0.15, -0.1) is 5.10 Å². The van der Waals surface area contributed by atoms with Crippen molar-refractivity contribution in [1.82, 2.24) is 25.2 Å². The highest BCUT2D eigenvalue weighted by atomic mass is 35.5. The third-order valence-corrected chi connectivity index (χ3v) is 4.16. The molecule has 0 aliphatic carbocycles. The van der Waals surface area contributed by atoms with Crippen molar-refractivity contribution in [2.75, 3.05) is 0 Å². The summed E-state index contributed by atoms with van der Waals surface area (Å²) in [7, 11) is 0. The van der Waals surface area contributed by atoms with E-state index in [1.807, 2.05) is 0 Å². The molecule has 2 N–H and O–H groups in total. The van der Waals surface area contributed by atoms with Crippen molar-refractivity contribution in [3.63, 3.8) is 0 Å². The number of nitrogens with one attached hydrogen (secondary N) is 1. The van der Waals surface area contributed by atoms with E-state index in [-0.39, 0.29) is 17.4 Å². The van der Waals surface area contributed by atoms with Crippen LogP contribution in [0.25, 0.3) is 16.5 Å². The fraction of sp³-hybridized carbons (Fsp3) is 0. The summed E-state index contributed by atoms with van der Waals surface area (Å²) in [4.78, 5) is 17.0. The van der Waals surface area contributed by atoms with E-state index in [1.54, 1.807) is 48.5 Å². The zero-order valence-corrected chi connectivity index (χ0v) is 13.9. The normalized spacial score (nSPS) is 11.4. The highest BCUT2D eigenvalue weighted by molar-refractivity contribution is 6.32. The monoisotopic (exact) mass is 366 g/mol. The minimum atomic E-state index is -0.386. The number of hydrogen-bond acceptors (Lipinski definition) is 6. The van der Waals surface area contributed by atoms with Crippen LogP contribution in [0.15, 0.2) is 58.3 Å². The smallest absolute Gasteiger partial charge is 0.288 e. The Morgan fingerprint density at radius 3 is 2.58 bits per heavy atom. The van der Waals surface area contributed by atoms with Crippen molar-refractivity contribution in [2.45, 2.75) is 0 Å². The number of aromatic nitrogens is 5. The molecule has 0 unspecified atom stereocenters. The van der Waals surface area contributed by atoms with Gasteiger partial charge < -0.3 is 5.11 Å². The number of tetrazole rings is 1. The summed E-state index contributed by atoms with van der Waals surface area (Å²) < 4.78 is 1.16. The lowest BCUT2D eigenvalue weighted by Gasteiger charge is -2.14. The Labute approximate surface area is 151 Å². The van der Waals surface area contributed by atoms with E-state index in [9.17, 15) is 9.90 Å². The third kappa shape index (κ3) is 2.62. The molecule has 0 bridgehead atoms. The number of para-hydroxylation sites is 1. The summed E-state index contributed by atoms with van der Waals surface area (Å²) >= 11 is 6.23. The van der Waals surface area contributed by atoms with Gasteiger partial charge >= 0.3 is 0 Å². The standard InChI is InChI=1S/C17H11ClN6O2/c18-13-7-3-4-8-14(13)24-15(25)11-6-2-1-5-10(11)12(16(24)26)9-19-17-20-22-23-21-17/h1-9,26H,(H,20,21,22,23). The van der Waals surface area contributed by atoms with Gasteiger partial charge in [-0.1, -0.05) is 47.0 Å². The van der Waals surface area contributed by atoms with Gasteiger partial charge in [0.05, 0.1) is 16.3 Å². The molecular weight excluding hydrogens is 356 g/mol. The molecule has 0 aliphatic rings. The van der Waals surface area contributed by atoms with Crippen LogP contribution >= 0.6 is 11.6 Å². The second-order valence-electron chi connectivity index (χ2n) is 5.34. The average Bonchev–Trinajstić information content (AvgIpc) is 3.17. The van der Waals surface area contributed by atoms with Gasteiger partial charge in [0.25, 0.3) is 11.5 Å². The van der Waals surface area contributed by atoms with Gasteiger partial charge in [0.2, 0.25) is 5.88 Å². The van der Waals surface area contributed by atoms with Crippen molar-refractivity contribution in [2.24, 2.45) is 4.99 Å². The van der Waals surface area contributed by atoms with E-state index in [0.29, 0.717) is 27.0 Å². The number of aliphatic imine (C=N–C) groups is 1. The van der Waals surface area contributed by atoms with E-state index in [4.69, 9.17) is 11.6 Å². The number of benzene rings is 2. The van der Waals surface area contributed by atoms with Crippen molar-refractivity contribution in [1.29, 1.82) is 0 Å². The lowest BCUT2D eigenvalue weighted by molar-refractivity contribution is 0.436. The number of H-pyrrole nitrogens is 1. The van der Waals surface area contributed by atoms with Crippen LogP contribution in [-0.2, 0) is 0 Å². The SMILES string of the molecule is O=c1c2ccccc2c(C=Nc2nn[nH]n2)c(O)n1-c1ccccc1Cl. The lowest BCUT2D eigenvalue weighted by atomic mass is 10.1. The number of pyridine rings is 1. The second-order valence-corrected chi connectivity index (χ2v) is 5.75. The van der Waals surface area contributed by atoms with E-state index in [2.05, 4.69) is 25.6 Å². The van der Waals surface area contributed by atoms with Crippen LogP contribution < -0.4 is 5.56 Å². The van der Waals surface area contributed by atoms with Crippen molar-refractivity contribution < 1.29 is 5.11 Å². The van der Waals surface area contributed by atoms with Crippen molar-refractivity contribution >= 4 is 34.5 Å². The molecule has 0 amide bonds. The molecule has 2 heterocycles. The Hall–Kier alpha value is -3.52. The second kappa shape index (κ2) is 6.41. The predicted molar refractivity (Wildman–Crippen MR) is 97.7 cm³/mol. The molecule has 0 radical (unpaired) electrons. The summed E-state index contributed by atoms with van der Waals surface area (Å²) in [6.45, 7) is 0. The molecule has 4 aromatic rings. The topological polar surface area (TPSA) is 109 Å². The van der Waals surface area contributed by atoms with Gasteiger partial charge in [0.1, 0.15) is 0 Å². The summed E-state index contributed by atoms with van der Waals surface area (Å²) in [5, 5.41) is 25.3. The van der Waals surface area contributed by atoms with E-state index < -0.39 is 0 Å². The maximum absolute atomic E-state index is 12.9. The highest BCUT2D eigenvalue weighted by Gasteiger charge is 2.17. The summed E-state index contributed by atoms with van der Waals surface area (Å²) in [5.41, 5.74) is 0.324. The molecule has 0 saturated heterocycles. The zero-order chi connectivity index (χ0) is 18.1. The van der Waals surface area contributed by atoms with Gasteiger partial charge in [-0.25, -0.2) is 9.56 Å². The molecule has 0 aliphatic heterocycles. The zero-order valence-electron chi connectivity index (χ0n) is 13.2. The van der Waals surface area contributed by atoms with E-state index >= 15 is 0 Å². The lowest BCUT2D eigenvalue weighted by Crippen LogP contribution is -2.20. The van der Waals surface area contributed by atoms with Gasteiger partial charge in [-0.05, 0) is 23.4 Å². The molecule has 0 saturated carbocycles. The number of aromatic amines is 1. The Balaban J connectivity index is 2.05. The quantitative estimate of drug-likeness (QED) is 0.542. The van der Waals surface area contributed by atoms with E-state index in [1.165, 1.54) is 6.21 Å². The van der Waals surface area contributed by atoms with Gasteiger partial charge in [-0.2, -0.15) is 5.21 Å². The molecule has 2 aromatic carbocycles. The van der Waals surface area contributed by atoms with Crippen LogP contribution in [0.2, 0.25) is 5.02 Å². The van der Waals surface area contributed by atoms with Gasteiger partial charge in [0, 0.05) is 17.0 Å². The number of fused-ring (bicyclic) bond motifs is 1. The van der Waals surface area contributed by atoms with Gasteiger partial charge in [0.15, 0.2) is 0 Å². The maximum atomic E-state index is 12.9. The minimum Gasteiger partial charge on any atom is -0.494 e. The molecule has 0 atom stereocenters. The first kappa shape index (κ1) is 16.0. The van der Waals surface area contributed by atoms with Gasteiger partial charge in [-0.3, -0.25) is 4.79 Å². The largest absolute Gasteiger partial charge is 0.494 e. The molecule has 128 valence electrons. The fourth-order valence-electron chi connectivity index (χ4n) is 2.68. The van der Waals surface area contributed by atoms with Crippen LogP contribution in [0.5, 0.6) is 5.88 Å². The summed E-state index contributed by atoms with van der Waals surface area (Å²) in [6.07, 6.45) is 1.38. The third-order valence-electron chi connectivity index (χ3n) is 3.84. The molecule has 9 heteroatoms. The number of halogens is 1. The Morgan fingerprint density at radius 2 is 1.85 bits per heavy atom. The van der Waals surface area contributed by atoms with Crippen LogP contribution in [0.1, 0.15) is 5.56 Å². The van der Waals surface area contributed by atoms with Crippen LogP contribution in [0.3, 0.4) is 0 Å². The molecule has 2 aromatic heterocycles. The molecular formula is C17H11ClN6O2. The predicted octanol–water partition coefficient (Wildman–Crippen LogP) is 2.61. The van der Waals surface area contributed by atoms with Crippen molar-refractivity contribution in [3.05, 3.63) is 69.5 Å². The Morgan fingerprint density at radius 1 is 1.12 bits per heavy atom. The summed E-state index contributed by atoms with van der Waals surface area (Å²) in [6, 6.07) is 13.7. The number of nitrogens with zero attached hydrogens (tertiary/aromatic N) is 5. The van der Waals surface area contributed by atoms with E-state index in [0.717, 1.165) is 4.57 Å². The maximum Gasteiger partial charge on any atom is 0.288 e. The van der Waals surface area contributed by atoms with Crippen LogP contribution in [-0.4, -0.2) is 36.5 Å². The highest BCUT2D eigenvalue weighted by Crippen LogP contribution is 2.29. The minimum absolute atomic E-state index is 0.101. The molecule has 0 fully saturated rings. The Bertz CT molecular complexity index is 1180. The first-order chi connectivity index (χ1) is 12.7. The van der Waals surface area contributed by atoms with Crippen LogP contribution in [0, 0.1) is 0 Å².